The summed E-state index contributed by atoms with van der Waals surface area (Å²) in [5, 5.41) is 5.58. The number of halogens is 2. The predicted octanol–water partition coefficient (Wildman–Crippen LogP) is 3.35. The summed E-state index contributed by atoms with van der Waals surface area (Å²) in [6, 6.07) is 2.25. The molecule has 0 radical (unpaired) electrons. The van der Waals surface area contributed by atoms with Gasteiger partial charge in [-0.15, -0.1) is 0 Å². The lowest BCUT2D eigenvalue weighted by Crippen LogP contribution is -2.45. The lowest BCUT2D eigenvalue weighted by Gasteiger charge is -2.26. The molecule has 138 valence electrons. The van der Waals surface area contributed by atoms with Crippen molar-refractivity contribution in [3.05, 3.63) is 46.5 Å². The molecule has 0 aliphatic rings. The van der Waals surface area contributed by atoms with E-state index in [9.17, 15) is 9.59 Å². The van der Waals surface area contributed by atoms with Crippen LogP contribution < -0.4 is 16.4 Å². The van der Waals surface area contributed by atoms with Crippen molar-refractivity contribution in [2.75, 3.05) is 10.6 Å². The summed E-state index contributed by atoms with van der Waals surface area (Å²) in [5.41, 5.74) is 6.24. The van der Waals surface area contributed by atoms with Crippen LogP contribution in [0.4, 0.5) is 11.4 Å². The van der Waals surface area contributed by atoms with Gasteiger partial charge in [-0.2, -0.15) is 0 Å². The highest BCUT2D eigenvalue weighted by atomic mass is 35.5. The van der Waals surface area contributed by atoms with Crippen molar-refractivity contribution in [1.29, 1.82) is 0 Å². The third-order valence-electron chi connectivity index (χ3n) is 3.56. The van der Waals surface area contributed by atoms with Gasteiger partial charge in [0.15, 0.2) is 0 Å². The van der Waals surface area contributed by atoms with E-state index >= 15 is 0 Å². The maximum atomic E-state index is 12.2. The van der Waals surface area contributed by atoms with Gasteiger partial charge in [-0.1, -0.05) is 44.0 Å². The average molecular weight is 396 g/mol. The third-order valence-corrected chi connectivity index (χ3v) is 4.16. The van der Waals surface area contributed by atoms with Crippen LogP contribution in [0.5, 0.6) is 0 Å². The van der Waals surface area contributed by atoms with E-state index in [0.29, 0.717) is 5.69 Å². The van der Waals surface area contributed by atoms with Gasteiger partial charge in [0, 0.05) is 18.1 Å². The molecular weight excluding hydrogens is 377 g/mol. The van der Waals surface area contributed by atoms with Gasteiger partial charge in [0.2, 0.25) is 5.91 Å². The Bertz CT molecular complexity index is 799. The van der Waals surface area contributed by atoms with Crippen LogP contribution >= 0.6 is 23.2 Å². The van der Waals surface area contributed by atoms with E-state index in [4.69, 9.17) is 28.9 Å². The maximum Gasteiger partial charge on any atom is 0.275 e. The average Bonchev–Trinajstić information content (AvgIpc) is 2.57. The molecule has 0 aliphatic heterocycles. The van der Waals surface area contributed by atoms with Crippen molar-refractivity contribution in [1.82, 2.24) is 9.97 Å². The molecule has 0 aliphatic carbocycles. The highest BCUT2D eigenvalue weighted by molar-refractivity contribution is 6.40. The lowest BCUT2D eigenvalue weighted by molar-refractivity contribution is -0.119. The lowest BCUT2D eigenvalue weighted by atomic mass is 9.87. The smallest absolute Gasteiger partial charge is 0.275 e. The summed E-state index contributed by atoms with van der Waals surface area (Å²) in [4.78, 5) is 32.1. The molecule has 2 rings (SSSR count). The van der Waals surface area contributed by atoms with Crippen molar-refractivity contribution in [2.24, 2.45) is 11.1 Å². The number of carbonyl (C=O) groups is 2. The highest BCUT2D eigenvalue weighted by Crippen LogP contribution is 2.34. The van der Waals surface area contributed by atoms with E-state index in [2.05, 4.69) is 20.6 Å². The zero-order valence-corrected chi connectivity index (χ0v) is 16.0. The Morgan fingerprint density at radius 3 is 2.23 bits per heavy atom. The van der Waals surface area contributed by atoms with Crippen LogP contribution in [0.1, 0.15) is 31.3 Å². The summed E-state index contributed by atoms with van der Waals surface area (Å²) in [6.07, 6.45) is 4.17. The molecule has 0 spiro atoms. The van der Waals surface area contributed by atoms with Crippen LogP contribution in [0.15, 0.2) is 30.7 Å². The number of rotatable bonds is 4. The number of amides is 2. The first-order chi connectivity index (χ1) is 12.1. The molecule has 1 heterocycles. The standard InChI is InChI=1S/C17H19Cl2N5O2/c1-17(2,3)14(20)16(26)23-9-6-10(18)13(11(19)7-9)24-15(25)12-8-21-4-5-22-12/h4-8,14H,20H2,1-3H3,(H,23,26)(H,24,25)/t14-/m1/s1. The number of hydrogen-bond acceptors (Lipinski definition) is 5. The van der Waals surface area contributed by atoms with Crippen molar-refractivity contribution in [3.63, 3.8) is 0 Å². The Kier molecular flexibility index (Phi) is 6.17. The molecule has 26 heavy (non-hydrogen) atoms. The molecule has 1 aromatic heterocycles. The molecule has 0 unspecified atom stereocenters. The van der Waals surface area contributed by atoms with Gasteiger partial charge < -0.3 is 16.4 Å². The van der Waals surface area contributed by atoms with Crippen molar-refractivity contribution < 1.29 is 9.59 Å². The number of aromatic nitrogens is 2. The predicted molar refractivity (Wildman–Crippen MR) is 103 cm³/mol. The molecule has 4 N–H and O–H groups in total. The largest absolute Gasteiger partial charge is 0.325 e. The summed E-state index contributed by atoms with van der Waals surface area (Å²) in [5.74, 6) is -0.866. The number of nitrogens with zero attached hydrogens (tertiary/aromatic N) is 2. The Morgan fingerprint density at radius 2 is 1.73 bits per heavy atom. The zero-order valence-electron chi connectivity index (χ0n) is 14.5. The van der Waals surface area contributed by atoms with Crippen LogP contribution in [-0.2, 0) is 4.79 Å². The van der Waals surface area contributed by atoms with E-state index in [0.717, 1.165) is 0 Å². The van der Waals surface area contributed by atoms with Crippen LogP contribution in [0, 0.1) is 5.41 Å². The molecule has 0 saturated carbocycles. The fourth-order valence-electron chi connectivity index (χ4n) is 1.97. The van der Waals surface area contributed by atoms with E-state index in [1.807, 2.05) is 20.8 Å². The van der Waals surface area contributed by atoms with E-state index in [1.165, 1.54) is 30.7 Å². The normalized spacial score (nSPS) is 12.4. The second-order valence-electron chi connectivity index (χ2n) is 6.69. The minimum Gasteiger partial charge on any atom is -0.325 e. The fourth-order valence-corrected chi connectivity index (χ4v) is 2.55. The number of anilines is 2. The fraction of sp³-hybridized carbons (Fsp3) is 0.294. The third kappa shape index (κ3) is 4.91. The van der Waals surface area contributed by atoms with Gasteiger partial charge >= 0.3 is 0 Å². The summed E-state index contributed by atoms with van der Waals surface area (Å²) in [6.45, 7) is 5.59. The van der Waals surface area contributed by atoms with Crippen LogP contribution in [0.25, 0.3) is 0 Å². The Hall–Kier alpha value is -2.22. The number of carbonyl (C=O) groups excluding carboxylic acids is 2. The highest BCUT2D eigenvalue weighted by Gasteiger charge is 2.27. The summed E-state index contributed by atoms with van der Waals surface area (Å²) >= 11 is 12.4. The first-order valence-electron chi connectivity index (χ1n) is 7.72. The monoisotopic (exact) mass is 395 g/mol. The Balaban J connectivity index is 2.18. The van der Waals surface area contributed by atoms with Gasteiger partial charge in [0.25, 0.3) is 5.91 Å². The maximum absolute atomic E-state index is 12.2. The molecule has 2 aromatic rings. The van der Waals surface area contributed by atoms with Gasteiger partial charge in [-0.05, 0) is 17.5 Å². The van der Waals surface area contributed by atoms with Gasteiger partial charge in [-0.25, -0.2) is 4.98 Å². The molecule has 1 aromatic carbocycles. The molecule has 2 amide bonds. The van der Waals surface area contributed by atoms with Gasteiger partial charge in [0.05, 0.1) is 28.0 Å². The molecule has 9 heteroatoms. The molecule has 7 nitrogen and oxygen atoms in total. The zero-order chi connectivity index (χ0) is 19.5. The summed E-state index contributed by atoms with van der Waals surface area (Å²) < 4.78 is 0. The Labute approximate surface area is 161 Å². The van der Waals surface area contributed by atoms with Crippen LogP contribution in [0.2, 0.25) is 10.0 Å². The van der Waals surface area contributed by atoms with Crippen LogP contribution in [0.3, 0.4) is 0 Å². The number of benzene rings is 1. The van der Waals surface area contributed by atoms with Crippen LogP contribution in [-0.4, -0.2) is 27.8 Å². The minimum absolute atomic E-state index is 0.119. The summed E-state index contributed by atoms with van der Waals surface area (Å²) in [7, 11) is 0. The topological polar surface area (TPSA) is 110 Å². The minimum atomic E-state index is -0.712. The number of hydrogen-bond donors (Lipinski definition) is 3. The van der Waals surface area contributed by atoms with Crippen molar-refractivity contribution in [3.8, 4) is 0 Å². The molecule has 0 saturated heterocycles. The van der Waals surface area contributed by atoms with Crippen molar-refractivity contribution >= 4 is 46.4 Å². The molecular formula is C17H19Cl2N5O2. The van der Waals surface area contributed by atoms with Crippen molar-refractivity contribution in [2.45, 2.75) is 26.8 Å². The number of nitrogens with one attached hydrogen (secondary N) is 2. The second kappa shape index (κ2) is 7.99. The van der Waals surface area contributed by atoms with Gasteiger partial charge in [-0.3, -0.25) is 14.6 Å². The first kappa shape index (κ1) is 20.1. The number of nitrogens with two attached hydrogens (primary N) is 1. The van der Waals surface area contributed by atoms with E-state index < -0.39 is 17.4 Å². The molecule has 0 fully saturated rings. The van der Waals surface area contributed by atoms with E-state index in [1.54, 1.807) is 0 Å². The molecule has 0 bridgehead atoms. The SMILES string of the molecule is CC(C)(C)[C@H](N)C(=O)Nc1cc(Cl)c(NC(=O)c2cnccn2)c(Cl)c1. The Morgan fingerprint density at radius 1 is 1.12 bits per heavy atom. The molecule has 1 atom stereocenters. The first-order valence-corrected chi connectivity index (χ1v) is 8.48. The van der Waals surface area contributed by atoms with E-state index in [-0.39, 0.29) is 27.3 Å². The second-order valence-corrected chi connectivity index (χ2v) is 7.51. The quantitative estimate of drug-likeness (QED) is 0.734. The van der Waals surface area contributed by atoms with Gasteiger partial charge in [0.1, 0.15) is 5.69 Å².